The molecular weight excluding hydrogens is 444 g/mol. The zero-order valence-electron chi connectivity index (χ0n) is 20.4. The van der Waals surface area contributed by atoms with Gasteiger partial charge in [-0.3, -0.25) is 4.79 Å². The number of methoxy groups -OCH3 is 2. The first-order valence-electron chi connectivity index (χ1n) is 11.7. The van der Waals surface area contributed by atoms with Gasteiger partial charge in [0, 0.05) is 37.6 Å². The highest BCUT2D eigenvalue weighted by atomic mass is 16.5. The maximum Gasteiger partial charge on any atom is 0.322 e. The summed E-state index contributed by atoms with van der Waals surface area (Å²) in [6, 6.07) is 18.8. The zero-order valence-corrected chi connectivity index (χ0v) is 20.4. The van der Waals surface area contributed by atoms with E-state index in [1.54, 1.807) is 35.1 Å². The number of anilines is 1. The van der Waals surface area contributed by atoms with Crippen molar-refractivity contribution < 1.29 is 19.1 Å². The Kier molecular flexibility index (Phi) is 7.60. The predicted molar refractivity (Wildman–Crippen MR) is 134 cm³/mol. The average Bonchev–Trinajstić information content (AvgIpc) is 3.64. The summed E-state index contributed by atoms with van der Waals surface area (Å²) in [4.78, 5) is 30.2. The van der Waals surface area contributed by atoms with Gasteiger partial charge < -0.3 is 29.2 Å². The number of carbonyl (C=O) groups is 2. The summed E-state index contributed by atoms with van der Waals surface area (Å²) in [5.41, 5.74) is 2.60. The summed E-state index contributed by atoms with van der Waals surface area (Å²) in [5.74, 6) is 1.03. The summed E-state index contributed by atoms with van der Waals surface area (Å²) in [5, 5.41) is 2.91. The molecule has 0 aliphatic heterocycles. The molecule has 184 valence electrons. The van der Waals surface area contributed by atoms with Crippen molar-refractivity contribution in [3.8, 4) is 11.5 Å². The number of nitrogens with zero attached hydrogens (tertiary/aromatic N) is 3. The molecular formula is C27H32N4O4. The lowest BCUT2D eigenvalue weighted by molar-refractivity contribution is -0.133. The largest absolute Gasteiger partial charge is 0.497 e. The van der Waals surface area contributed by atoms with Crippen LogP contribution in [-0.2, 0) is 24.9 Å². The topological polar surface area (TPSA) is 76.0 Å². The van der Waals surface area contributed by atoms with E-state index in [-0.39, 0.29) is 24.5 Å². The molecule has 0 bridgehead atoms. The lowest BCUT2D eigenvalue weighted by Gasteiger charge is -2.28. The van der Waals surface area contributed by atoms with Crippen LogP contribution in [0.2, 0.25) is 0 Å². The van der Waals surface area contributed by atoms with Crippen molar-refractivity contribution in [1.82, 2.24) is 14.4 Å². The molecule has 1 aliphatic rings. The van der Waals surface area contributed by atoms with Crippen LogP contribution in [0.25, 0.3) is 0 Å². The van der Waals surface area contributed by atoms with E-state index in [0.29, 0.717) is 30.3 Å². The first-order valence-corrected chi connectivity index (χ1v) is 11.7. The number of hydrogen-bond donors (Lipinski definition) is 1. The molecule has 3 aromatic rings. The second kappa shape index (κ2) is 11.0. The van der Waals surface area contributed by atoms with Gasteiger partial charge in [-0.15, -0.1) is 0 Å². The number of nitrogens with one attached hydrogen (secondary N) is 1. The highest BCUT2D eigenvalue weighted by Gasteiger charge is 2.35. The highest BCUT2D eigenvalue weighted by molar-refractivity contribution is 5.94. The molecule has 0 radical (unpaired) electrons. The first kappa shape index (κ1) is 24.2. The Hall–Kier alpha value is -3.94. The molecule has 1 aliphatic carbocycles. The summed E-state index contributed by atoms with van der Waals surface area (Å²) in [6.45, 7) is 0.938. The molecule has 1 saturated carbocycles. The van der Waals surface area contributed by atoms with Gasteiger partial charge in [-0.25, -0.2) is 4.79 Å². The summed E-state index contributed by atoms with van der Waals surface area (Å²) in [6.07, 6.45) is 3.74. The molecule has 4 rings (SSSR count). The smallest absolute Gasteiger partial charge is 0.322 e. The number of benzene rings is 2. The number of urea groups is 1. The lowest BCUT2D eigenvalue weighted by atomic mass is 10.2. The van der Waals surface area contributed by atoms with Crippen molar-refractivity contribution in [2.45, 2.75) is 32.0 Å². The maximum absolute atomic E-state index is 13.5. The van der Waals surface area contributed by atoms with Gasteiger partial charge in [-0.1, -0.05) is 30.3 Å². The van der Waals surface area contributed by atoms with Crippen molar-refractivity contribution in [1.29, 1.82) is 0 Å². The van der Waals surface area contributed by atoms with E-state index in [4.69, 9.17) is 9.47 Å². The van der Waals surface area contributed by atoms with Gasteiger partial charge in [0.1, 0.15) is 18.0 Å². The minimum Gasteiger partial charge on any atom is -0.497 e. The molecule has 2 aromatic carbocycles. The Morgan fingerprint density at radius 3 is 2.40 bits per heavy atom. The van der Waals surface area contributed by atoms with Crippen molar-refractivity contribution in [3.05, 3.63) is 78.1 Å². The van der Waals surface area contributed by atoms with Crippen LogP contribution in [0.4, 0.5) is 10.5 Å². The molecule has 1 N–H and O–H groups in total. The molecule has 1 fully saturated rings. The Balaban J connectivity index is 1.50. The SMILES string of the molecule is COc1ccc(NC(=O)N(CC(=O)N(Cc2ccccc2)Cc2cccn2C)C2CC2)c(OC)c1. The maximum atomic E-state index is 13.5. The summed E-state index contributed by atoms with van der Waals surface area (Å²) >= 11 is 0. The number of hydrogen-bond acceptors (Lipinski definition) is 4. The number of ether oxygens (including phenoxy) is 2. The predicted octanol–water partition coefficient (Wildman–Crippen LogP) is 4.27. The number of carbonyl (C=O) groups excluding carboxylic acids is 2. The normalized spacial score (nSPS) is 12.7. The monoisotopic (exact) mass is 476 g/mol. The van der Waals surface area contributed by atoms with E-state index < -0.39 is 0 Å². The fraction of sp³-hybridized carbons (Fsp3) is 0.333. The van der Waals surface area contributed by atoms with Gasteiger partial charge in [0.25, 0.3) is 0 Å². The van der Waals surface area contributed by atoms with Crippen molar-refractivity contribution >= 4 is 17.6 Å². The molecule has 1 heterocycles. The van der Waals surface area contributed by atoms with Crippen LogP contribution in [0.3, 0.4) is 0 Å². The van der Waals surface area contributed by atoms with Crippen LogP contribution < -0.4 is 14.8 Å². The van der Waals surface area contributed by atoms with Crippen LogP contribution in [0.15, 0.2) is 66.9 Å². The van der Waals surface area contributed by atoms with Crippen molar-refractivity contribution in [3.63, 3.8) is 0 Å². The molecule has 35 heavy (non-hydrogen) atoms. The molecule has 0 unspecified atom stereocenters. The molecule has 0 spiro atoms. The molecule has 0 saturated heterocycles. The van der Waals surface area contributed by atoms with E-state index in [0.717, 1.165) is 24.1 Å². The third kappa shape index (κ3) is 6.15. The van der Waals surface area contributed by atoms with Gasteiger partial charge in [-0.05, 0) is 42.7 Å². The highest BCUT2D eigenvalue weighted by Crippen LogP contribution is 2.31. The second-order valence-corrected chi connectivity index (χ2v) is 8.70. The Labute approximate surface area is 206 Å². The minimum atomic E-state index is -0.317. The van der Waals surface area contributed by atoms with Crippen LogP contribution in [0.1, 0.15) is 24.1 Å². The van der Waals surface area contributed by atoms with Gasteiger partial charge in [0.15, 0.2) is 0 Å². The number of amides is 3. The number of rotatable bonds is 10. The van der Waals surface area contributed by atoms with E-state index >= 15 is 0 Å². The van der Waals surface area contributed by atoms with Crippen LogP contribution >= 0.6 is 0 Å². The molecule has 8 nitrogen and oxygen atoms in total. The average molecular weight is 477 g/mol. The number of aryl methyl sites for hydroxylation is 1. The summed E-state index contributed by atoms with van der Waals surface area (Å²) in [7, 11) is 5.08. The van der Waals surface area contributed by atoms with Gasteiger partial charge in [0.05, 0.1) is 26.5 Å². The fourth-order valence-electron chi connectivity index (χ4n) is 3.98. The minimum absolute atomic E-state index is 0.00618. The van der Waals surface area contributed by atoms with Crippen LogP contribution in [0, 0.1) is 0 Å². The first-order chi connectivity index (χ1) is 17.0. The van der Waals surface area contributed by atoms with E-state index in [1.165, 1.54) is 7.11 Å². The zero-order chi connectivity index (χ0) is 24.8. The molecule has 1 aromatic heterocycles. The van der Waals surface area contributed by atoms with E-state index in [2.05, 4.69) is 5.32 Å². The van der Waals surface area contributed by atoms with Gasteiger partial charge in [-0.2, -0.15) is 0 Å². The van der Waals surface area contributed by atoms with Gasteiger partial charge in [0.2, 0.25) is 5.91 Å². The Bertz CT molecular complexity index is 1160. The third-order valence-corrected chi connectivity index (χ3v) is 6.18. The van der Waals surface area contributed by atoms with Crippen molar-refractivity contribution in [2.24, 2.45) is 7.05 Å². The van der Waals surface area contributed by atoms with Gasteiger partial charge >= 0.3 is 6.03 Å². The van der Waals surface area contributed by atoms with E-state index in [1.807, 2.05) is 60.3 Å². The lowest BCUT2D eigenvalue weighted by Crippen LogP contribution is -2.45. The van der Waals surface area contributed by atoms with Crippen LogP contribution in [-0.4, -0.2) is 53.1 Å². The quantitative estimate of drug-likeness (QED) is 0.474. The standard InChI is InChI=1S/C27H32N4O4/c1-29-15-7-10-22(29)18-30(17-20-8-5-4-6-9-20)26(32)19-31(21-11-12-21)27(33)28-24-14-13-23(34-2)16-25(24)35-3/h4-10,13-16,21H,11-12,17-19H2,1-3H3,(H,28,33). The summed E-state index contributed by atoms with van der Waals surface area (Å²) < 4.78 is 12.7. The molecule has 0 atom stereocenters. The molecule has 3 amide bonds. The molecule has 8 heteroatoms. The second-order valence-electron chi connectivity index (χ2n) is 8.70. The van der Waals surface area contributed by atoms with Crippen LogP contribution in [0.5, 0.6) is 11.5 Å². The number of aromatic nitrogens is 1. The fourth-order valence-corrected chi connectivity index (χ4v) is 3.98. The Morgan fingerprint density at radius 2 is 1.77 bits per heavy atom. The van der Waals surface area contributed by atoms with Crippen molar-refractivity contribution in [2.75, 3.05) is 26.1 Å². The third-order valence-electron chi connectivity index (χ3n) is 6.18. The van der Waals surface area contributed by atoms with E-state index in [9.17, 15) is 9.59 Å². The Morgan fingerprint density at radius 1 is 1.00 bits per heavy atom.